The Hall–Kier alpha value is -0.0500. The monoisotopic (exact) mass is 240 g/mol. The minimum Gasteiger partial charge on any atom is -0.313 e. The summed E-state index contributed by atoms with van der Waals surface area (Å²) in [7, 11) is 0. The van der Waals surface area contributed by atoms with Gasteiger partial charge in [-0.1, -0.05) is 41.9 Å². The lowest BCUT2D eigenvalue weighted by Crippen LogP contribution is -1.92. The van der Waals surface area contributed by atoms with Crippen molar-refractivity contribution in [2.45, 2.75) is 5.56 Å². The fraction of sp³-hybridized carbons (Fsp3) is 0.143. The molecule has 0 saturated heterocycles. The maximum Gasteiger partial charge on any atom is 0.423 e. The number of hydrogen-bond donors (Lipinski definition) is 1. The van der Waals surface area contributed by atoms with E-state index in [0.717, 1.165) is 0 Å². The van der Waals surface area contributed by atoms with Gasteiger partial charge in [-0.3, -0.25) is 4.52 Å². The Bertz CT molecular complexity index is 311. The lowest BCUT2D eigenvalue weighted by molar-refractivity contribution is 0.252. The molecule has 0 amide bonds. The SMILES string of the molecule is O=P(O)(Cl)OC(Cl)c1ccccc1. The second-order valence-electron chi connectivity index (χ2n) is 2.28. The topological polar surface area (TPSA) is 46.5 Å². The number of hydrogen-bond acceptors (Lipinski definition) is 2. The van der Waals surface area contributed by atoms with Crippen molar-refractivity contribution in [1.29, 1.82) is 0 Å². The largest absolute Gasteiger partial charge is 0.423 e. The van der Waals surface area contributed by atoms with Gasteiger partial charge in [-0.15, -0.1) is 0 Å². The average Bonchev–Trinajstić information content (AvgIpc) is 2.03. The molecule has 1 rings (SSSR count). The first-order valence-corrected chi connectivity index (χ1v) is 6.31. The van der Waals surface area contributed by atoms with E-state index in [1.54, 1.807) is 30.3 Å². The van der Waals surface area contributed by atoms with Crippen LogP contribution >= 0.6 is 29.8 Å². The molecule has 1 aromatic rings. The minimum absolute atomic E-state index is 0.582. The predicted octanol–water partition coefficient (Wildman–Crippen LogP) is 3.28. The van der Waals surface area contributed by atoms with Crippen molar-refractivity contribution in [3.8, 4) is 0 Å². The smallest absolute Gasteiger partial charge is 0.313 e. The van der Waals surface area contributed by atoms with E-state index in [1.807, 2.05) is 0 Å². The Kier molecular flexibility index (Phi) is 3.77. The second-order valence-corrected chi connectivity index (χ2v) is 5.08. The van der Waals surface area contributed by atoms with Crippen LogP contribution in [0.1, 0.15) is 11.1 Å². The molecule has 2 unspecified atom stereocenters. The molecule has 13 heavy (non-hydrogen) atoms. The average molecular weight is 241 g/mol. The summed E-state index contributed by atoms with van der Waals surface area (Å²) in [5.74, 6) is 0. The van der Waals surface area contributed by atoms with Gasteiger partial charge in [0.2, 0.25) is 0 Å². The van der Waals surface area contributed by atoms with Crippen molar-refractivity contribution in [1.82, 2.24) is 0 Å². The molecule has 0 saturated carbocycles. The Morgan fingerprint density at radius 1 is 1.38 bits per heavy atom. The van der Waals surface area contributed by atoms with E-state index in [2.05, 4.69) is 4.52 Å². The van der Waals surface area contributed by atoms with Crippen molar-refractivity contribution in [2.24, 2.45) is 0 Å². The molecule has 72 valence electrons. The molecule has 1 aromatic carbocycles. The molecule has 0 fully saturated rings. The van der Waals surface area contributed by atoms with Gasteiger partial charge in [0.1, 0.15) is 0 Å². The summed E-state index contributed by atoms with van der Waals surface area (Å²) in [6, 6.07) is 8.62. The third kappa shape index (κ3) is 4.12. The zero-order valence-corrected chi connectivity index (χ0v) is 8.84. The number of benzene rings is 1. The van der Waals surface area contributed by atoms with Crippen LogP contribution in [0.2, 0.25) is 0 Å². The van der Waals surface area contributed by atoms with Crippen molar-refractivity contribution in [3.05, 3.63) is 35.9 Å². The number of halogens is 2. The van der Waals surface area contributed by atoms with Crippen LogP contribution in [0.4, 0.5) is 0 Å². The molecule has 0 radical (unpaired) electrons. The summed E-state index contributed by atoms with van der Waals surface area (Å²) >= 11 is 10.6. The molecule has 3 nitrogen and oxygen atoms in total. The van der Waals surface area contributed by atoms with Gasteiger partial charge >= 0.3 is 6.95 Å². The van der Waals surface area contributed by atoms with Crippen molar-refractivity contribution >= 4 is 29.8 Å². The van der Waals surface area contributed by atoms with Crippen LogP contribution in [0.15, 0.2) is 30.3 Å². The van der Waals surface area contributed by atoms with Gasteiger partial charge in [-0.05, 0) is 5.56 Å². The Balaban J connectivity index is 2.70. The lowest BCUT2D eigenvalue weighted by Gasteiger charge is -2.10. The van der Waals surface area contributed by atoms with Crippen LogP contribution in [0.5, 0.6) is 0 Å². The highest BCUT2D eigenvalue weighted by Crippen LogP contribution is 2.52. The molecule has 0 aliphatic carbocycles. The van der Waals surface area contributed by atoms with Gasteiger partial charge in [0, 0.05) is 11.2 Å². The van der Waals surface area contributed by atoms with Gasteiger partial charge in [0.15, 0.2) is 5.56 Å². The van der Waals surface area contributed by atoms with Gasteiger partial charge in [0.05, 0.1) is 0 Å². The van der Waals surface area contributed by atoms with Crippen molar-refractivity contribution in [3.63, 3.8) is 0 Å². The zero-order chi connectivity index (χ0) is 9.90. The Morgan fingerprint density at radius 3 is 2.38 bits per heavy atom. The van der Waals surface area contributed by atoms with E-state index in [9.17, 15) is 4.57 Å². The zero-order valence-electron chi connectivity index (χ0n) is 6.43. The maximum absolute atomic E-state index is 10.6. The quantitative estimate of drug-likeness (QED) is 0.652. The Morgan fingerprint density at radius 2 is 1.92 bits per heavy atom. The van der Waals surface area contributed by atoms with Crippen LogP contribution in [0.25, 0.3) is 0 Å². The Labute approximate surface area is 85.6 Å². The van der Waals surface area contributed by atoms with E-state index in [4.69, 9.17) is 27.7 Å². The van der Waals surface area contributed by atoms with Crippen LogP contribution in [-0.4, -0.2) is 4.89 Å². The third-order valence-corrected chi connectivity index (χ3v) is 2.46. The molecular weight excluding hydrogens is 234 g/mol. The summed E-state index contributed by atoms with van der Waals surface area (Å²) in [4.78, 5) is 8.66. The van der Waals surface area contributed by atoms with Crippen LogP contribution in [-0.2, 0) is 9.09 Å². The minimum atomic E-state index is -4.05. The molecule has 0 bridgehead atoms. The number of rotatable bonds is 3. The van der Waals surface area contributed by atoms with Gasteiger partial charge in [-0.2, -0.15) is 0 Å². The molecule has 2 atom stereocenters. The third-order valence-electron chi connectivity index (χ3n) is 1.28. The van der Waals surface area contributed by atoms with E-state index in [0.29, 0.717) is 5.56 Å². The van der Waals surface area contributed by atoms with E-state index >= 15 is 0 Å². The number of alkyl halides is 1. The first-order valence-electron chi connectivity index (χ1n) is 3.39. The summed E-state index contributed by atoms with van der Waals surface area (Å²) in [6.07, 6.45) is 0. The highest BCUT2D eigenvalue weighted by atomic mass is 35.7. The van der Waals surface area contributed by atoms with E-state index in [-0.39, 0.29) is 0 Å². The summed E-state index contributed by atoms with van der Waals surface area (Å²) < 4.78 is 15.1. The first kappa shape index (κ1) is 11.0. The highest BCUT2D eigenvalue weighted by molar-refractivity contribution is 7.80. The lowest BCUT2D eigenvalue weighted by atomic mass is 10.2. The molecule has 0 aliphatic heterocycles. The van der Waals surface area contributed by atoms with Crippen LogP contribution < -0.4 is 0 Å². The molecule has 1 N–H and O–H groups in total. The second kappa shape index (κ2) is 4.45. The fourth-order valence-corrected chi connectivity index (χ4v) is 1.96. The van der Waals surface area contributed by atoms with Crippen molar-refractivity contribution < 1.29 is 14.0 Å². The molecule has 0 spiro atoms. The molecule has 6 heteroatoms. The standard InChI is InChI=1S/C7H7Cl2O3P/c8-7(12-13(9,10)11)6-4-2-1-3-5-6/h1-5,7H,(H,10,11). The molecule has 0 aliphatic rings. The normalized spacial score (nSPS) is 17.8. The molecular formula is C7H7Cl2O3P. The summed E-state index contributed by atoms with van der Waals surface area (Å²) in [6.45, 7) is -4.05. The van der Waals surface area contributed by atoms with E-state index < -0.39 is 12.5 Å². The predicted molar refractivity (Wildman–Crippen MR) is 51.8 cm³/mol. The highest BCUT2D eigenvalue weighted by Gasteiger charge is 2.21. The maximum atomic E-state index is 10.6. The van der Waals surface area contributed by atoms with Gasteiger partial charge < -0.3 is 4.89 Å². The van der Waals surface area contributed by atoms with Crippen LogP contribution in [0.3, 0.4) is 0 Å². The molecule has 0 aromatic heterocycles. The summed E-state index contributed by atoms with van der Waals surface area (Å²) in [5, 5.41) is 0. The van der Waals surface area contributed by atoms with E-state index in [1.165, 1.54) is 0 Å². The molecule has 0 heterocycles. The van der Waals surface area contributed by atoms with Gasteiger partial charge in [0.25, 0.3) is 0 Å². The fourth-order valence-electron chi connectivity index (χ4n) is 0.779. The van der Waals surface area contributed by atoms with Gasteiger partial charge in [-0.25, -0.2) is 4.57 Å². The van der Waals surface area contributed by atoms with Crippen LogP contribution in [0, 0.1) is 0 Å². The first-order chi connectivity index (χ1) is 5.99. The van der Waals surface area contributed by atoms with Crippen molar-refractivity contribution in [2.75, 3.05) is 0 Å². The summed E-state index contributed by atoms with van der Waals surface area (Å²) in [5.41, 5.74) is -0.423.